The van der Waals surface area contributed by atoms with E-state index >= 15 is 0 Å². The average Bonchev–Trinajstić information content (AvgIpc) is 3.63. The Morgan fingerprint density at radius 2 is 1.47 bits per heavy atom. The van der Waals surface area contributed by atoms with Gasteiger partial charge in [0, 0.05) is 35.4 Å². The van der Waals surface area contributed by atoms with E-state index in [9.17, 15) is 0 Å². The molecule has 5 nitrogen and oxygen atoms in total. The van der Waals surface area contributed by atoms with Crippen LogP contribution < -0.4 is 9.30 Å². The molecule has 7 aromatic rings. The lowest BCUT2D eigenvalue weighted by Gasteiger charge is -2.20. The number of imidazole rings is 1. The summed E-state index contributed by atoms with van der Waals surface area (Å²) in [5.41, 5.74) is 10.7. The van der Waals surface area contributed by atoms with Gasteiger partial charge in [0.05, 0.1) is 22.4 Å². The van der Waals surface area contributed by atoms with Gasteiger partial charge in [-0.15, -0.1) is 0 Å². The fourth-order valence-electron chi connectivity index (χ4n) is 6.24. The van der Waals surface area contributed by atoms with Crippen LogP contribution >= 0.6 is 0 Å². The summed E-state index contributed by atoms with van der Waals surface area (Å²) < 4.78 is 12.9. The van der Waals surface area contributed by atoms with Crippen molar-refractivity contribution in [1.29, 1.82) is 0 Å². The van der Waals surface area contributed by atoms with Crippen LogP contribution in [0.15, 0.2) is 104 Å². The average molecular weight is 591 g/mol. The second-order valence-corrected chi connectivity index (χ2v) is 13.0. The van der Waals surface area contributed by atoms with Gasteiger partial charge in [-0.3, -0.25) is 13.7 Å². The zero-order valence-electron chi connectivity index (χ0n) is 27.0. The Morgan fingerprint density at radius 1 is 0.733 bits per heavy atom. The molecule has 0 amide bonds. The molecule has 0 aliphatic rings. The second-order valence-electron chi connectivity index (χ2n) is 13.0. The van der Waals surface area contributed by atoms with Gasteiger partial charge in [0.1, 0.15) is 17.3 Å². The molecule has 0 bridgehead atoms. The first-order chi connectivity index (χ1) is 21.6. The molecule has 3 heterocycles. The minimum atomic E-state index is 0.0167. The zero-order valence-corrected chi connectivity index (χ0v) is 27.0. The van der Waals surface area contributed by atoms with Gasteiger partial charge in [-0.1, -0.05) is 62.2 Å². The monoisotopic (exact) mass is 590 g/mol. The van der Waals surface area contributed by atoms with Crippen molar-refractivity contribution in [1.82, 2.24) is 14.1 Å². The Labute approximate surface area is 265 Å². The van der Waals surface area contributed by atoms with Crippen LogP contribution in [0.4, 0.5) is 0 Å². The van der Waals surface area contributed by atoms with Gasteiger partial charge in [-0.2, -0.15) is 0 Å². The van der Waals surface area contributed by atoms with Crippen LogP contribution in [0.3, 0.4) is 0 Å². The Kier molecular flexibility index (Phi) is 6.85. The van der Waals surface area contributed by atoms with E-state index in [-0.39, 0.29) is 5.41 Å². The maximum atomic E-state index is 6.51. The fraction of sp³-hybridized carbons (Fsp3) is 0.200. The van der Waals surface area contributed by atoms with Crippen molar-refractivity contribution in [3.8, 4) is 28.7 Å². The molecule has 0 N–H and O–H groups in total. The molecule has 0 radical (unpaired) electrons. The molecule has 4 aromatic carbocycles. The smallest absolute Gasteiger partial charge is 0.268 e. The summed E-state index contributed by atoms with van der Waals surface area (Å²) in [5.74, 6) is 2.43. The number of para-hydroxylation sites is 1. The number of pyridine rings is 1. The van der Waals surface area contributed by atoms with Crippen LogP contribution in [0, 0.1) is 34.0 Å². The Balaban J connectivity index is 1.26. The number of hydrogen-bond acceptors (Lipinski definition) is 2. The summed E-state index contributed by atoms with van der Waals surface area (Å²) in [6.07, 6.45) is 9.54. The van der Waals surface area contributed by atoms with Crippen molar-refractivity contribution in [3.63, 3.8) is 0 Å². The number of rotatable bonds is 5. The fourth-order valence-corrected chi connectivity index (χ4v) is 6.24. The summed E-state index contributed by atoms with van der Waals surface area (Å²) in [6, 6.07) is 29.5. The summed E-state index contributed by atoms with van der Waals surface area (Å²) in [6.45, 7) is 15.4. The summed E-state index contributed by atoms with van der Waals surface area (Å²) in [7, 11) is 0. The summed E-state index contributed by atoms with van der Waals surface area (Å²) in [5, 5.41) is 2.35. The Hall–Kier alpha value is -5.16. The maximum absolute atomic E-state index is 6.51. The highest BCUT2D eigenvalue weighted by Crippen LogP contribution is 2.36. The van der Waals surface area contributed by atoms with Crippen LogP contribution in [0.5, 0.6) is 11.5 Å². The SMILES string of the molecule is Cc1cc(C)c(C)c(-[n+]2[c-]n(-c3cccc(Oc4ccc5c6ccccc6n(-c6cc(C(C)(C)C)ccn6)c5c4)c3)cc2)c1C. The number of aryl methyl sites for hydroxylation is 2. The lowest BCUT2D eigenvalue weighted by Crippen LogP contribution is -2.31. The highest BCUT2D eigenvalue weighted by atomic mass is 16.5. The van der Waals surface area contributed by atoms with E-state index in [1.54, 1.807) is 0 Å². The lowest BCUT2D eigenvalue weighted by atomic mass is 9.88. The van der Waals surface area contributed by atoms with E-state index in [0.29, 0.717) is 0 Å². The van der Waals surface area contributed by atoms with Crippen LogP contribution in [-0.2, 0) is 5.41 Å². The van der Waals surface area contributed by atoms with E-state index in [1.807, 2.05) is 35.2 Å². The number of hydrogen-bond donors (Lipinski definition) is 0. The van der Waals surface area contributed by atoms with Gasteiger partial charge in [0.25, 0.3) is 6.33 Å². The first-order valence-electron chi connectivity index (χ1n) is 15.5. The number of benzene rings is 4. The standard InChI is InChI=1S/C40H38N4O/c1-26-21-27(2)29(4)39(28(26)3)43-20-19-42(25-43)31-11-10-12-32(23-31)45-33-15-16-35-34-13-8-9-14-36(34)44(37(35)24-33)38-22-30(17-18-41-38)40(5,6)7/h8-24H,1-7H3. The molecular formula is C40H38N4O. The van der Waals surface area contributed by atoms with Crippen molar-refractivity contribution in [3.05, 3.63) is 138 Å². The van der Waals surface area contributed by atoms with Gasteiger partial charge < -0.3 is 4.74 Å². The second kappa shape index (κ2) is 10.8. The molecule has 5 heteroatoms. The first-order valence-corrected chi connectivity index (χ1v) is 15.5. The predicted molar refractivity (Wildman–Crippen MR) is 182 cm³/mol. The Bertz CT molecular complexity index is 2200. The summed E-state index contributed by atoms with van der Waals surface area (Å²) >= 11 is 0. The minimum Gasteiger partial charge on any atom is -0.458 e. The lowest BCUT2D eigenvalue weighted by molar-refractivity contribution is -0.600. The number of aromatic nitrogens is 4. The molecule has 0 spiro atoms. The molecule has 0 unspecified atom stereocenters. The minimum absolute atomic E-state index is 0.0167. The molecule has 0 aliphatic carbocycles. The van der Waals surface area contributed by atoms with Crippen molar-refractivity contribution in [2.45, 2.75) is 53.9 Å². The van der Waals surface area contributed by atoms with Crippen LogP contribution in [0.2, 0.25) is 0 Å². The molecule has 224 valence electrons. The summed E-state index contributed by atoms with van der Waals surface area (Å²) in [4.78, 5) is 4.81. The van der Waals surface area contributed by atoms with Gasteiger partial charge >= 0.3 is 0 Å². The molecule has 3 aromatic heterocycles. The van der Waals surface area contributed by atoms with E-state index in [1.165, 1.54) is 38.9 Å². The molecule has 0 atom stereocenters. The molecular weight excluding hydrogens is 552 g/mol. The van der Waals surface area contributed by atoms with Crippen molar-refractivity contribution in [2.24, 2.45) is 0 Å². The van der Waals surface area contributed by atoms with E-state index < -0.39 is 0 Å². The van der Waals surface area contributed by atoms with Crippen LogP contribution in [-0.4, -0.2) is 14.1 Å². The third-order valence-electron chi connectivity index (χ3n) is 8.96. The largest absolute Gasteiger partial charge is 0.458 e. The first kappa shape index (κ1) is 28.6. The highest BCUT2D eigenvalue weighted by molar-refractivity contribution is 6.09. The molecule has 0 saturated carbocycles. The topological polar surface area (TPSA) is 35.9 Å². The number of nitrogens with zero attached hydrogens (tertiary/aromatic N) is 4. The van der Waals surface area contributed by atoms with Crippen molar-refractivity contribution >= 4 is 21.8 Å². The molecule has 45 heavy (non-hydrogen) atoms. The predicted octanol–water partition coefficient (Wildman–Crippen LogP) is 9.37. The molecule has 0 saturated heterocycles. The molecule has 7 rings (SSSR count). The molecule has 0 fully saturated rings. The van der Waals surface area contributed by atoms with E-state index in [4.69, 9.17) is 9.72 Å². The van der Waals surface area contributed by atoms with Crippen molar-refractivity contribution in [2.75, 3.05) is 0 Å². The van der Waals surface area contributed by atoms with E-state index in [0.717, 1.165) is 39.4 Å². The Morgan fingerprint density at radius 3 is 2.24 bits per heavy atom. The number of fused-ring (bicyclic) bond motifs is 3. The number of ether oxygens (including phenoxy) is 1. The zero-order chi connectivity index (χ0) is 31.5. The van der Waals surface area contributed by atoms with Gasteiger partial charge in [0.2, 0.25) is 0 Å². The van der Waals surface area contributed by atoms with Gasteiger partial charge in [0.15, 0.2) is 0 Å². The third-order valence-corrected chi connectivity index (χ3v) is 8.96. The van der Waals surface area contributed by atoms with Gasteiger partial charge in [-0.25, -0.2) is 4.98 Å². The normalized spacial score (nSPS) is 11.9. The quantitative estimate of drug-likeness (QED) is 0.148. The van der Waals surface area contributed by atoms with Crippen LogP contribution in [0.25, 0.3) is 39.0 Å². The van der Waals surface area contributed by atoms with E-state index in [2.05, 4.69) is 137 Å². The van der Waals surface area contributed by atoms with Gasteiger partial charge in [-0.05, 0) is 98.3 Å². The third kappa shape index (κ3) is 5.08. The molecule has 0 aliphatic heterocycles. The van der Waals surface area contributed by atoms with Crippen LogP contribution in [0.1, 0.15) is 48.6 Å². The maximum Gasteiger partial charge on any atom is 0.268 e. The highest BCUT2D eigenvalue weighted by Gasteiger charge is 2.18. The van der Waals surface area contributed by atoms with Crippen molar-refractivity contribution < 1.29 is 9.30 Å².